The molecule has 0 fully saturated rings. The van der Waals surface area contributed by atoms with Crippen LogP contribution >= 0.6 is 0 Å². The number of sulfonamides is 1. The number of anilines is 2. The number of H-pyrrole nitrogens is 1. The van der Waals surface area contributed by atoms with Crippen molar-refractivity contribution in [3.63, 3.8) is 0 Å². The Morgan fingerprint density at radius 3 is 2.43 bits per heavy atom. The summed E-state index contributed by atoms with van der Waals surface area (Å²) in [4.78, 5) is 26.2. The third kappa shape index (κ3) is 3.72. The molecule has 140 valence electrons. The second-order valence-corrected chi connectivity index (χ2v) is 7.53. The Morgan fingerprint density at radius 2 is 1.75 bits per heavy atom. The lowest BCUT2D eigenvalue weighted by Crippen LogP contribution is -2.11. The summed E-state index contributed by atoms with van der Waals surface area (Å²) in [6.45, 7) is 0. The fourth-order valence-corrected chi connectivity index (χ4v) is 3.14. The minimum atomic E-state index is -3.74. The van der Waals surface area contributed by atoms with Crippen LogP contribution in [0.1, 0.15) is 0 Å². The minimum Gasteiger partial charge on any atom is -0.324 e. The highest BCUT2D eigenvalue weighted by Crippen LogP contribution is 2.23. The highest BCUT2D eigenvalue weighted by atomic mass is 32.2. The lowest BCUT2D eigenvalue weighted by atomic mass is 10.1. The first kappa shape index (κ1) is 17.8. The molecule has 4 aromatic rings. The highest BCUT2D eigenvalue weighted by molar-refractivity contribution is 7.89. The Hall–Kier alpha value is -3.63. The van der Waals surface area contributed by atoms with Gasteiger partial charge >= 0.3 is 5.69 Å². The van der Waals surface area contributed by atoms with Crippen LogP contribution in [-0.2, 0) is 10.0 Å². The number of fused-ring (bicyclic) bond motifs is 1. The quantitative estimate of drug-likeness (QED) is 0.478. The SMILES string of the molecule is NS(=O)(=O)c1ccc(Nc2ncc3ccc(-c4cnc(=O)[nH]c4)cc3n2)cc1. The van der Waals surface area contributed by atoms with Crippen molar-refractivity contribution in [2.24, 2.45) is 5.14 Å². The molecule has 0 saturated heterocycles. The first-order chi connectivity index (χ1) is 13.4. The second kappa shape index (κ2) is 6.83. The van der Waals surface area contributed by atoms with Crippen molar-refractivity contribution in [1.82, 2.24) is 19.9 Å². The molecule has 0 amide bonds. The molecular formula is C18H14N6O3S. The van der Waals surface area contributed by atoms with Crippen LogP contribution in [-0.4, -0.2) is 28.4 Å². The van der Waals surface area contributed by atoms with Gasteiger partial charge in [0.2, 0.25) is 16.0 Å². The minimum absolute atomic E-state index is 0.0247. The van der Waals surface area contributed by atoms with E-state index in [-0.39, 0.29) is 4.90 Å². The van der Waals surface area contributed by atoms with Crippen LogP contribution in [0.2, 0.25) is 0 Å². The van der Waals surface area contributed by atoms with E-state index in [9.17, 15) is 13.2 Å². The molecule has 2 aromatic heterocycles. The van der Waals surface area contributed by atoms with Crippen molar-refractivity contribution < 1.29 is 8.42 Å². The maximum atomic E-state index is 11.3. The summed E-state index contributed by atoms with van der Waals surface area (Å²) in [6.07, 6.45) is 4.76. The summed E-state index contributed by atoms with van der Waals surface area (Å²) in [5, 5.41) is 8.96. The maximum absolute atomic E-state index is 11.3. The molecule has 0 spiro atoms. The molecule has 0 aliphatic heterocycles. The predicted octanol–water partition coefficient (Wildman–Crippen LogP) is 1.77. The Kier molecular flexibility index (Phi) is 4.34. The van der Waals surface area contributed by atoms with Crippen LogP contribution < -0.4 is 16.1 Å². The highest BCUT2D eigenvalue weighted by Gasteiger charge is 2.08. The molecular weight excluding hydrogens is 380 g/mol. The molecule has 10 heteroatoms. The van der Waals surface area contributed by atoms with Crippen LogP contribution in [0.25, 0.3) is 22.0 Å². The van der Waals surface area contributed by atoms with E-state index in [1.165, 1.54) is 18.3 Å². The third-order valence-electron chi connectivity index (χ3n) is 4.03. The summed E-state index contributed by atoms with van der Waals surface area (Å²) in [5.41, 5.74) is 2.51. The van der Waals surface area contributed by atoms with E-state index < -0.39 is 15.7 Å². The van der Waals surface area contributed by atoms with Gasteiger partial charge in [-0.1, -0.05) is 12.1 Å². The average molecular weight is 394 g/mol. The molecule has 9 nitrogen and oxygen atoms in total. The molecule has 4 rings (SSSR count). The van der Waals surface area contributed by atoms with Gasteiger partial charge in [-0.25, -0.2) is 33.3 Å². The van der Waals surface area contributed by atoms with E-state index in [1.807, 2.05) is 18.2 Å². The number of nitrogens with two attached hydrogens (primary N) is 1. The van der Waals surface area contributed by atoms with E-state index in [0.29, 0.717) is 17.2 Å². The van der Waals surface area contributed by atoms with Gasteiger partial charge in [-0.15, -0.1) is 0 Å². The fraction of sp³-hybridized carbons (Fsp3) is 0. The summed E-state index contributed by atoms with van der Waals surface area (Å²) in [7, 11) is -3.74. The van der Waals surface area contributed by atoms with Crippen LogP contribution in [0.15, 0.2) is 70.7 Å². The number of aromatic nitrogens is 4. The smallest absolute Gasteiger partial charge is 0.324 e. The first-order valence-electron chi connectivity index (χ1n) is 8.10. The molecule has 0 aliphatic carbocycles. The number of nitrogens with one attached hydrogen (secondary N) is 2. The summed E-state index contributed by atoms with van der Waals surface area (Å²) in [6, 6.07) is 11.6. The van der Waals surface area contributed by atoms with E-state index in [0.717, 1.165) is 16.5 Å². The van der Waals surface area contributed by atoms with E-state index in [1.54, 1.807) is 24.5 Å². The first-order valence-corrected chi connectivity index (χ1v) is 9.65. The zero-order valence-corrected chi connectivity index (χ0v) is 15.1. The van der Waals surface area contributed by atoms with Gasteiger partial charge in [0.15, 0.2) is 0 Å². The van der Waals surface area contributed by atoms with Gasteiger partial charge in [-0.2, -0.15) is 0 Å². The van der Waals surface area contributed by atoms with Crippen molar-refractivity contribution in [2.45, 2.75) is 4.90 Å². The van der Waals surface area contributed by atoms with Gasteiger partial charge in [0, 0.05) is 35.2 Å². The molecule has 2 aromatic carbocycles. The number of primary sulfonamides is 1. The number of benzene rings is 2. The maximum Gasteiger partial charge on any atom is 0.344 e. The molecule has 28 heavy (non-hydrogen) atoms. The van der Waals surface area contributed by atoms with E-state index >= 15 is 0 Å². The van der Waals surface area contributed by atoms with Crippen LogP contribution in [0, 0.1) is 0 Å². The van der Waals surface area contributed by atoms with Gasteiger partial charge in [-0.05, 0) is 35.9 Å². The van der Waals surface area contributed by atoms with Gasteiger partial charge < -0.3 is 10.3 Å². The molecule has 0 radical (unpaired) electrons. The van der Waals surface area contributed by atoms with Crippen molar-refractivity contribution in [1.29, 1.82) is 0 Å². The zero-order valence-electron chi connectivity index (χ0n) is 14.3. The number of hydrogen-bond donors (Lipinski definition) is 3. The molecule has 0 aliphatic rings. The van der Waals surface area contributed by atoms with Crippen LogP contribution in [0.3, 0.4) is 0 Å². The monoisotopic (exact) mass is 394 g/mol. The van der Waals surface area contributed by atoms with Crippen molar-refractivity contribution in [2.75, 3.05) is 5.32 Å². The molecule has 0 saturated carbocycles. The summed E-state index contributed by atoms with van der Waals surface area (Å²) < 4.78 is 22.7. The van der Waals surface area contributed by atoms with E-state index in [4.69, 9.17) is 5.14 Å². The molecule has 0 atom stereocenters. The molecule has 0 bridgehead atoms. The third-order valence-corrected chi connectivity index (χ3v) is 4.96. The van der Waals surface area contributed by atoms with Gasteiger partial charge in [0.1, 0.15) is 0 Å². The standard InChI is InChI=1S/C18H14N6O3S/c19-28(26,27)15-5-3-14(4-6-15)23-17-20-8-12-2-1-11(7-16(12)24-17)13-9-21-18(25)22-10-13/h1-10H,(H2,19,26,27)(H,20,23,24)(H,21,22,25). The predicted molar refractivity (Wildman–Crippen MR) is 104 cm³/mol. The Bertz CT molecular complexity index is 1310. The lowest BCUT2D eigenvalue weighted by Gasteiger charge is -2.07. The van der Waals surface area contributed by atoms with Gasteiger partial charge in [0.25, 0.3) is 0 Å². The van der Waals surface area contributed by atoms with Crippen molar-refractivity contribution in [3.8, 4) is 11.1 Å². The molecule has 2 heterocycles. The summed E-state index contributed by atoms with van der Waals surface area (Å²) in [5.74, 6) is 0.354. The molecule has 0 unspecified atom stereocenters. The Balaban J connectivity index is 1.65. The zero-order chi connectivity index (χ0) is 19.7. The van der Waals surface area contributed by atoms with Gasteiger partial charge in [-0.3, -0.25) is 0 Å². The van der Waals surface area contributed by atoms with Crippen molar-refractivity contribution in [3.05, 3.63) is 71.5 Å². The number of nitrogens with zero attached hydrogens (tertiary/aromatic N) is 3. The summed E-state index contributed by atoms with van der Waals surface area (Å²) >= 11 is 0. The van der Waals surface area contributed by atoms with Crippen molar-refractivity contribution >= 4 is 32.6 Å². The van der Waals surface area contributed by atoms with Crippen LogP contribution in [0.5, 0.6) is 0 Å². The van der Waals surface area contributed by atoms with Crippen LogP contribution in [0.4, 0.5) is 11.6 Å². The Labute approximate surface area is 159 Å². The fourth-order valence-electron chi connectivity index (χ4n) is 2.62. The topological polar surface area (TPSA) is 144 Å². The average Bonchev–Trinajstić information content (AvgIpc) is 2.68. The number of rotatable bonds is 4. The van der Waals surface area contributed by atoms with Gasteiger partial charge in [0.05, 0.1) is 10.4 Å². The normalized spacial score (nSPS) is 11.5. The Morgan fingerprint density at radius 1 is 0.964 bits per heavy atom. The van der Waals surface area contributed by atoms with E-state index in [2.05, 4.69) is 25.3 Å². The largest absolute Gasteiger partial charge is 0.344 e. The lowest BCUT2D eigenvalue weighted by molar-refractivity contribution is 0.598. The number of hydrogen-bond acceptors (Lipinski definition) is 7. The second-order valence-electron chi connectivity index (χ2n) is 5.97. The number of aromatic amines is 1. The molecule has 4 N–H and O–H groups in total.